The van der Waals surface area contributed by atoms with Crippen molar-refractivity contribution >= 4 is 11.6 Å². The monoisotopic (exact) mass is 256 g/mol. The second-order valence-corrected chi connectivity index (χ2v) is 4.87. The summed E-state index contributed by atoms with van der Waals surface area (Å²) >= 11 is 0. The van der Waals surface area contributed by atoms with Crippen molar-refractivity contribution in [3.8, 4) is 0 Å². The SMILES string of the molecule is CN(C)C1CCCN(c2nc(N)c(F)cc2F)C1. The number of rotatable bonds is 2. The Hall–Kier alpha value is -1.43. The van der Waals surface area contributed by atoms with Gasteiger partial charge in [0.2, 0.25) is 0 Å². The van der Waals surface area contributed by atoms with Crippen LogP contribution >= 0.6 is 0 Å². The predicted molar refractivity (Wildman–Crippen MR) is 67.5 cm³/mol. The van der Waals surface area contributed by atoms with Crippen LogP contribution in [0, 0.1) is 11.6 Å². The number of pyridine rings is 1. The lowest BCUT2D eigenvalue weighted by molar-refractivity contribution is 0.257. The Balaban J connectivity index is 2.23. The second kappa shape index (κ2) is 5.06. The Morgan fingerprint density at radius 3 is 2.78 bits per heavy atom. The zero-order valence-electron chi connectivity index (χ0n) is 10.7. The molecule has 1 aromatic rings. The van der Waals surface area contributed by atoms with Gasteiger partial charge in [0, 0.05) is 25.2 Å². The molecule has 1 fully saturated rings. The summed E-state index contributed by atoms with van der Waals surface area (Å²) in [5.41, 5.74) is 5.40. The molecule has 18 heavy (non-hydrogen) atoms. The molecule has 1 atom stereocenters. The smallest absolute Gasteiger partial charge is 0.168 e. The molecule has 1 aliphatic heterocycles. The summed E-state index contributed by atoms with van der Waals surface area (Å²) in [6.45, 7) is 1.40. The van der Waals surface area contributed by atoms with Crippen LogP contribution < -0.4 is 10.6 Å². The van der Waals surface area contributed by atoms with E-state index in [0.29, 0.717) is 12.6 Å². The fourth-order valence-corrected chi connectivity index (χ4v) is 2.26. The highest BCUT2D eigenvalue weighted by Gasteiger charge is 2.25. The van der Waals surface area contributed by atoms with Gasteiger partial charge in [-0.3, -0.25) is 0 Å². The summed E-state index contributed by atoms with van der Waals surface area (Å²) in [7, 11) is 3.99. The molecule has 6 heteroatoms. The van der Waals surface area contributed by atoms with Crippen molar-refractivity contribution in [2.24, 2.45) is 0 Å². The van der Waals surface area contributed by atoms with Gasteiger partial charge >= 0.3 is 0 Å². The summed E-state index contributed by atoms with van der Waals surface area (Å²) in [6, 6.07) is 1.16. The zero-order chi connectivity index (χ0) is 13.3. The zero-order valence-corrected chi connectivity index (χ0v) is 10.7. The molecule has 1 saturated heterocycles. The van der Waals surface area contributed by atoms with Gasteiger partial charge < -0.3 is 15.5 Å². The number of piperidine rings is 1. The molecule has 0 saturated carbocycles. The molecule has 1 unspecified atom stereocenters. The third-order valence-electron chi connectivity index (χ3n) is 3.36. The van der Waals surface area contributed by atoms with E-state index in [1.54, 1.807) is 0 Å². The molecule has 0 radical (unpaired) electrons. The summed E-state index contributed by atoms with van der Waals surface area (Å²) in [5.74, 6) is -1.56. The largest absolute Gasteiger partial charge is 0.381 e. The van der Waals surface area contributed by atoms with Crippen molar-refractivity contribution in [1.29, 1.82) is 0 Å². The molecule has 0 spiro atoms. The highest BCUT2D eigenvalue weighted by atomic mass is 19.1. The van der Waals surface area contributed by atoms with Gasteiger partial charge in [-0.15, -0.1) is 0 Å². The molecule has 0 aromatic carbocycles. The van der Waals surface area contributed by atoms with Crippen molar-refractivity contribution in [3.05, 3.63) is 17.7 Å². The predicted octanol–water partition coefficient (Wildman–Crippen LogP) is 1.47. The average molecular weight is 256 g/mol. The first-order chi connectivity index (χ1) is 8.49. The van der Waals surface area contributed by atoms with Crippen LogP contribution in [0.5, 0.6) is 0 Å². The lowest BCUT2D eigenvalue weighted by atomic mass is 10.0. The topological polar surface area (TPSA) is 45.4 Å². The van der Waals surface area contributed by atoms with E-state index in [0.717, 1.165) is 25.5 Å². The molecular weight excluding hydrogens is 238 g/mol. The molecule has 2 rings (SSSR count). The minimum atomic E-state index is -0.808. The van der Waals surface area contributed by atoms with Crippen molar-refractivity contribution in [2.45, 2.75) is 18.9 Å². The number of nitrogens with zero attached hydrogens (tertiary/aromatic N) is 3. The summed E-state index contributed by atoms with van der Waals surface area (Å²) < 4.78 is 26.8. The van der Waals surface area contributed by atoms with Crippen LogP contribution in [0.1, 0.15) is 12.8 Å². The summed E-state index contributed by atoms with van der Waals surface area (Å²) in [5, 5.41) is 0. The highest BCUT2D eigenvalue weighted by Crippen LogP contribution is 2.24. The molecule has 0 amide bonds. The van der Waals surface area contributed by atoms with E-state index in [4.69, 9.17) is 5.73 Å². The molecule has 4 nitrogen and oxygen atoms in total. The first kappa shape index (κ1) is 13.0. The van der Waals surface area contributed by atoms with Crippen LogP contribution in [-0.4, -0.2) is 43.1 Å². The van der Waals surface area contributed by atoms with Crippen LogP contribution in [0.25, 0.3) is 0 Å². The maximum atomic E-state index is 13.7. The lowest BCUT2D eigenvalue weighted by Gasteiger charge is -2.36. The van der Waals surface area contributed by atoms with E-state index < -0.39 is 11.6 Å². The number of likely N-dealkylation sites (N-methyl/N-ethyl adjacent to an activating group) is 1. The quantitative estimate of drug-likeness (QED) is 0.870. The Kier molecular flexibility index (Phi) is 3.65. The van der Waals surface area contributed by atoms with E-state index in [1.165, 1.54) is 0 Å². The second-order valence-electron chi connectivity index (χ2n) is 4.87. The van der Waals surface area contributed by atoms with Gasteiger partial charge in [-0.25, -0.2) is 13.8 Å². The third kappa shape index (κ3) is 2.53. The van der Waals surface area contributed by atoms with Crippen molar-refractivity contribution in [2.75, 3.05) is 37.8 Å². The number of aromatic nitrogens is 1. The standard InChI is InChI=1S/C12H18F2N4/c1-17(2)8-4-3-5-18(7-8)12-10(14)6-9(13)11(15)16-12/h6,8H,3-5,7H2,1-2H3,(H2,15,16). The molecule has 100 valence electrons. The number of anilines is 2. The minimum Gasteiger partial charge on any atom is -0.381 e. The third-order valence-corrected chi connectivity index (χ3v) is 3.36. The molecule has 1 aromatic heterocycles. The number of nitrogens with two attached hydrogens (primary N) is 1. The van der Waals surface area contributed by atoms with Gasteiger partial charge in [-0.05, 0) is 26.9 Å². The number of halogens is 2. The minimum absolute atomic E-state index is 0.153. The van der Waals surface area contributed by atoms with Crippen LogP contribution in [0.2, 0.25) is 0 Å². The van der Waals surface area contributed by atoms with Crippen LogP contribution in [0.3, 0.4) is 0 Å². The molecule has 2 N–H and O–H groups in total. The Labute approximate surface area is 105 Å². The summed E-state index contributed by atoms with van der Waals surface area (Å²) in [6.07, 6.45) is 2.03. The molecule has 1 aliphatic rings. The first-order valence-electron chi connectivity index (χ1n) is 6.02. The van der Waals surface area contributed by atoms with E-state index in [2.05, 4.69) is 9.88 Å². The Bertz CT molecular complexity index is 436. The van der Waals surface area contributed by atoms with E-state index in [-0.39, 0.29) is 11.6 Å². The lowest BCUT2D eigenvalue weighted by Crippen LogP contribution is -2.45. The fraction of sp³-hybridized carbons (Fsp3) is 0.583. The van der Waals surface area contributed by atoms with Gasteiger partial charge in [-0.1, -0.05) is 0 Å². The van der Waals surface area contributed by atoms with E-state index in [9.17, 15) is 8.78 Å². The van der Waals surface area contributed by atoms with E-state index >= 15 is 0 Å². The van der Waals surface area contributed by atoms with Crippen molar-refractivity contribution < 1.29 is 8.78 Å². The van der Waals surface area contributed by atoms with Crippen LogP contribution in [0.4, 0.5) is 20.4 Å². The van der Waals surface area contributed by atoms with Crippen LogP contribution in [-0.2, 0) is 0 Å². The van der Waals surface area contributed by atoms with E-state index in [1.807, 2.05) is 19.0 Å². The van der Waals surface area contributed by atoms with Gasteiger partial charge in [0.1, 0.15) is 0 Å². The normalized spacial score (nSPS) is 20.5. The van der Waals surface area contributed by atoms with Crippen LogP contribution in [0.15, 0.2) is 6.07 Å². The molecule has 0 bridgehead atoms. The highest BCUT2D eigenvalue weighted by molar-refractivity contribution is 5.47. The fourth-order valence-electron chi connectivity index (χ4n) is 2.26. The number of nitrogen functional groups attached to an aromatic ring is 1. The first-order valence-corrected chi connectivity index (χ1v) is 6.02. The molecular formula is C12H18F2N4. The van der Waals surface area contributed by atoms with Gasteiger partial charge in [0.25, 0.3) is 0 Å². The molecule has 0 aliphatic carbocycles. The Morgan fingerprint density at radius 1 is 1.39 bits per heavy atom. The van der Waals surface area contributed by atoms with Crippen molar-refractivity contribution in [3.63, 3.8) is 0 Å². The number of hydrogen-bond donors (Lipinski definition) is 1. The van der Waals surface area contributed by atoms with Crippen molar-refractivity contribution in [1.82, 2.24) is 9.88 Å². The van der Waals surface area contributed by atoms with Gasteiger partial charge in [0.05, 0.1) is 0 Å². The maximum Gasteiger partial charge on any atom is 0.168 e. The van der Waals surface area contributed by atoms with Gasteiger partial charge in [-0.2, -0.15) is 0 Å². The average Bonchev–Trinajstić information content (AvgIpc) is 2.34. The summed E-state index contributed by atoms with van der Waals surface area (Å²) in [4.78, 5) is 7.77. The number of hydrogen-bond acceptors (Lipinski definition) is 4. The maximum absolute atomic E-state index is 13.7. The van der Waals surface area contributed by atoms with Gasteiger partial charge in [0.15, 0.2) is 23.3 Å². The molecule has 2 heterocycles. The Morgan fingerprint density at radius 2 is 2.11 bits per heavy atom.